The number of piperidine rings is 1. The summed E-state index contributed by atoms with van der Waals surface area (Å²) in [5.74, 6) is 0.219. The van der Waals surface area contributed by atoms with Crippen molar-refractivity contribution in [2.24, 2.45) is 0 Å². The summed E-state index contributed by atoms with van der Waals surface area (Å²) < 4.78 is 0. The molecule has 1 aliphatic rings. The van der Waals surface area contributed by atoms with Crippen LogP contribution in [0.4, 0.5) is 5.69 Å². The molecule has 0 radical (unpaired) electrons. The van der Waals surface area contributed by atoms with Gasteiger partial charge in [-0.3, -0.25) is 19.7 Å². The summed E-state index contributed by atoms with van der Waals surface area (Å²) >= 11 is 1.61. The van der Waals surface area contributed by atoms with E-state index in [-0.39, 0.29) is 23.2 Å². The summed E-state index contributed by atoms with van der Waals surface area (Å²) in [6.45, 7) is 2.74. The molecule has 0 aromatic heterocycles. The normalized spacial score (nSPS) is 18.2. The number of nitro groups is 1. The van der Waals surface area contributed by atoms with Crippen LogP contribution in [0.5, 0.6) is 0 Å². The SMILES string of the molecule is CSCCC(NC(=O)c1cccc([N+](=O)[O-])c1)C(=O)N1CCCCC1C. The van der Waals surface area contributed by atoms with Crippen molar-refractivity contribution in [1.29, 1.82) is 0 Å². The fraction of sp³-hybridized carbons (Fsp3) is 0.556. The molecule has 7 nitrogen and oxygen atoms in total. The maximum Gasteiger partial charge on any atom is 0.270 e. The molecular weight excluding hydrogens is 354 g/mol. The van der Waals surface area contributed by atoms with E-state index in [4.69, 9.17) is 0 Å². The quantitative estimate of drug-likeness (QED) is 0.581. The summed E-state index contributed by atoms with van der Waals surface area (Å²) in [5, 5.41) is 13.7. The molecule has 2 amide bonds. The number of carbonyl (C=O) groups is 2. The van der Waals surface area contributed by atoms with Crippen molar-refractivity contribution in [2.45, 2.75) is 44.7 Å². The van der Waals surface area contributed by atoms with Crippen LogP contribution in [0, 0.1) is 10.1 Å². The number of rotatable bonds is 7. The zero-order valence-electron chi connectivity index (χ0n) is 15.1. The highest BCUT2D eigenvalue weighted by molar-refractivity contribution is 7.98. The standard InChI is InChI=1S/C18H25N3O4S/c1-13-6-3-4-10-20(13)18(23)16(9-11-26-2)19-17(22)14-7-5-8-15(12-14)21(24)25/h5,7-8,12-13,16H,3-4,6,9-11H2,1-2H3,(H,19,22). The third-order valence-electron chi connectivity index (χ3n) is 4.62. The van der Waals surface area contributed by atoms with Crippen LogP contribution in [-0.2, 0) is 4.79 Å². The number of nitro benzene ring substituents is 1. The summed E-state index contributed by atoms with van der Waals surface area (Å²) in [5.41, 5.74) is 0.0436. The zero-order chi connectivity index (χ0) is 19.1. The van der Waals surface area contributed by atoms with Crippen molar-refractivity contribution >= 4 is 29.3 Å². The van der Waals surface area contributed by atoms with Crippen molar-refractivity contribution in [3.05, 3.63) is 39.9 Å². The molecule has 8 heteroatoms. The first-order valence-electron chi connectivity index (χ1n) is 8.78. The van der Waals surface area contributed by atoms with Gasteiger partial charge in [-0.2, -0.15) is 11.8 Å². The van der Waals surface area contributed by atoms with Crippen LogP contribution in [0.25, 0.3) is 0 Å². The second kappa shape index (κ2) is 9.56. The second-order valence-corrected chi connectivity index (χ2v) is 7.48. The molecule has 1 heterocycles. The van der Waals surface area contributed by atoms with Crippen molar-refractivity contribution in [2.75, 3.05) is 18.6 Å². The number of thioether (sulfide) groups is 1. The molecule has 1 fully saturated rings. The maximum absolute atomic E-state index is 13.0. The molecule has 1 N–H and O–H groups in total. The Balaban J connectivity index is 2.13. The van der Waals surface area contributed by atoms with Crippen molar-refractivity contribution < 1.29 is 14.5 Å². The Morgan fingerprint density at radius 3 is 2.85 bits per heavy atom. The van der Waals surface area contributed by atoms with Crippen LogP contribution < -0.4 is 5.32 Å². The van der Waals surface area contributed by atoms with E-state index >= 15 is 0 Å². The Hall–Kier alpha value is -2.09. The average Bonchev–Trinajstić information content (AvgIpc) is 2.64. The molecule has 0 bridgehead atoms. The van der Waals surface area contributed by atoms with Gasteiger partial charge in [-0.05, 0) is 50.7 Å². The topological polar surface area (TPSA) is 92.5 Å². The number of carbonyl (C=O) groups excluding carboxylic acids is 2. The Morgan fingerprint density at radius 1 is 1.42 bits per heavy atom. The Bertz CT molecular complexity index is 668. The van der Waals surface area contributed by atoms with Gasteiger partial charge in [0.05, 0.1) is 4.92 Å². The van der Waals surface area contributed by atoms with Gasteiger partial charge in [0.15, 0.2) is 0 Å². The van der Waals surface area contributed by atoms with Crippen molar-refractivity contribution in [3.8, 4) is 0 Å². The van der Waals surface area contributed by atoms with Crippen LogP contribution in [0.15, 0.2) is 24.3 Å². The smallest absolute Gasteiger partial charge is 0.270 e. The highest BCUT2D eigenvalue weighted by Crippen LogP contribution is 2.19. The van der Waals surface area contributed by atoms with Gasteiger partial charge in [-0.1, -0.05) is 6.07 Å². The van der Waals surface area contributed by atoms with Crippen LogP contribution in [0.3, 0.4) is 0 Å². The molecule has 1 aliphatic heterocycles. The van der Waals surface area contributed by atoms with Crippen LogP contribution in [-0.4, -0.2) is 52.3 Å². The van der Waals surface area contributed by atoms with Crippen molar-refractivity contribution in [1.82, 2.24) is 10.2 Å². The lowest BCUT2D eigenvalue weighted by atomic mass is 10.0. The van der Waals surface area contributed by atoms with Gasteiger partial charge >= 0.3 is 0 Å². The number of nitrogens with one attached hydrogen (secondary N) is 1. The molecule has 2 atom stereocenters. The Kier molecular flexibility index (Phi) is 7.44. The van der Waals surface area contributed by atoms with E-state index < -0.39 is 16.9 Å². The highest BCUT2D eigenvalue weighted by Gasteiger charge is 2.30. The first kappa shape index (κ1) is 20.2. The zero-order valence-corrected chi connectivity index (χ0v) is 16.0. The van der Waals surface area contributed by atoms with E-state index in [9.17, 15) is 19.7 Å². The molecular formula is C18H25N3O4S. The molecule has 0 saturated carbocycles. The van der Waals surface area contributed by atoms with Gasteiger partial charge in [0.25, 0.3) is 11.6 Å². The fourth-order valence-corrected chi connectivity index (χ4v) is 3.59. The number of hydrogen-bond donors (Lipinski definition) is 1. The third kappa shape index (κ3) is 5.20. The number of nitrogens with zero attached hydrogens (tertiary/aromatic N) is 2. The minimum Gasteiger partial charge on any atom is -0.340 e. The van der Waals surface area contributed by atoms with E-state index in [1.807, 2.05) is 18.1 Å². The van der Waals surface area contributed by atoms with Crippen LogP contribution >= 0.6 is 11.8 Å². The lowest BCUT2D eigenvalue weighted by molar-refractivity contribution is -0.384. The lowest BCUT2D eigenvalue weighted by Gasteiger charge is -2.36. The number of hydrogen-bond acceptors (Lipinski definition) is 5. The second-order valence-electron chi connectivity index (χ2n) is 6.49. The molecule has 1 saturated heterocycles. The summed E-state index contributed by atoms with van der Waals surface area (Å²) in [4.78, 5) is 37.7. The molecule has 2 unspecified atom stereocenters. The third-order valence-corrected chi connectivity index (χ3v) is 5.26. The molecule has 0 aliphatic carbocycles. The first-order chi connectivity index (χ1) is 12.4. The van der Waals surface area contributed by atoms with E-state index in [1.165, 1.54) is 24.3 Å². The average molecular weight is 379 g/mol. The molecule has 142 valence electrons. The Labute approximate surface area is 157 Å². The number of benzene rings is 1. The van der Waals surface area contributed by atoms with Gasteiger partial charge < -0.3 is 10.2 Å². The van der Waals surface area contributed by atoms with Gasteiger partial charge in [-0.15, -0.1) is 0 Å². The van der Waals surface area contributed by atoms with Crippen LogP contribution in [0.2, 0.25) is 0 Å². The van der Waals surface area contributed by atoms with Gasteiger partial charge in [0.2, 0.25) is 5.91 Å². The molecule has 26 heavy (non-hydrogen) atoms. The van der Waals surface area contributed by atoms with E-state index in [0.717, 1.165) is 25.0 Å². The number of non-ortho nitro benzene ring substituents is 1. The highest BCUT2D eigenvalue weighted by atomic mass is 32.2. The number of likely N-dealkylation sites (tertiary alicyclic amines) is 1. The predicted molar refractivity (Wildman–Crippen MR) is 102 cm³/mol. The van der Waals surface area contributed by atoms with E-state index in [0.29, 0.717) is 13.0 Å². The van der Waals surface area contributed by atoms with E-state index in [1.54, 1.807) is 11.8 Å². The molecule has 1 aromatic rings. The summed E-state index contributed by atoms with van der Waals surface area (Å²) in [7, 11) is 0. The largest absolute Gasteiger partial charge is 0.340 e. The van der Waals surface area contributed by atoms with Crippen LogP contribution in [0.1, 0.15) is 43.0 Å². The molecule has 2 rings (SSSR count). The predicted octanol–water partition coefficient (Wildman–Crippen LogP) is 2.85. The van der Waals surface area contributed by atoms with Crippen molar-refractivity contribution in [3.63, 3.8) is 0 Å². The number of amides is 2. The fourth-order valence-electron chi connectivity index (χ4n) is 3.12. The van der Waals surface area contributed by atoms with Gasteiger partial charge in [0.1, 0.15) is 6.04 Å². The van der Waals surface area contributed by atoms with Gasteiger partial charge in [-0.25, -0.2) is 0 Å². The summed E-state index contributed by atoms with van der Waals surface area (Å²) in [6, 6.07) is 5.11. The minimum atomic E-state index is -0.616. The summed E-state index contributed by atoms with van der Waals surface area (Å²) in [6.07, 6.45) is 5.54. The molecule has 1 aromatic carbocycles. The van der Waals surface area contributed by atoms with E-state index in [2.05, 4.69) is 5.32 Å². The minimum absolute atomic E-state index is 0.0648. The Morgan fingerprint density at radius 2 is 2.19 bits per heavy atom. The maximum atomic E-state index is 13.0. The lowest BCUT2D eigenvalue weighted by Crippen LogP contribution is -2.52. The first-order valence-corrected chi connectivity index (χ1v) is 10.2. The molecule has 0 spiro atoms. The monoisotopic (exact) mass is 379 g/mol. The van der Waals surface area contributed by atoms with Gasteiger partial charge in [0, 0.05) is 30.3 Å².